The molecule has 2 aliphatic rings. The molecule has 224 valence electrons. The first-order chi connectivity index (χ1) is 20.4. The lowest BCUT2D eigenvalue weighted by Gasteiger charge is -2.31. The summed E-state index contributed by atoms with van der Waals surface area (Å²) in [5.74, 6) is 0.371. The van der Waals surface area contributed by atoms with E-state index in [1.807, 2.05) is 42.2 Å². The minimum Gasteiger partial charge on any atom is -0.442 e. The number of amides is 1. The Kier molecular flexibility index (Phi) is 9.51. The molecule has 1 saturated heterocycles. The van der Waals surface area contributed by atoms with Crippen molar-refractivity contribution in [1.29, 1.82) is 0 Å². The first-order valence-electron chi connectivity index (χ1n) is 15.3. The number of aromatic nitrogens is 3. The van der Waals surface area contributed by atoms with Gasteiger partial charge in [0.05, 0.1) is 17.3 Å². The van der Waals surface area contributed by atoms with Crippen LogP contribution in [0.25, 0.3) is 10.9 Å². The Balaban J connectivity index is 1.16. The maximum Gasteiger partial charge on any atom is 0.263 e. The van der Waals surface area contributed by atoms with Crippen LogP contribution in [0.2, 0.25) is 0 Å². The van der Waals surface area contributed by atoms with Gasteiger partial charge in [0.1, 0.15) is 11.8 Å². The molecule has 10 nitrogen and oxygen atoms in total. The molecule has 4 N–H and O–H groups in total. The molecular formula is C32H44N7O3+. The number of nitrogens with one attached hydrogen (secondary N) is 2. The summed E-state index contributed by atoms with van der Waals surface area (Å²) in [4.78, 5) is 36.3. The monoisotopic (exact) mass is 574 g/mol. The Labute approximate surface area is 247 Å². The smallest absolute Gasteiger partial charge is 0.263 e. The second-order valence-electron chi connectivity index (χ2n) is 11.9. The van der Waals surface area contributed by atoms with E-state index in [0.29, 0.717) is 18.7 Å². The number of carbonyl (C=O) groups excluding carboxylic acids is 2. The van der Waals surface area contributed by atoms with Gasteiger partial charge in [0, 0.05) is 36.7 Å². The number of carbonyl (C=O) groups is 2. The minimum atomic E-state index is -0.0749. The first-order valence-corrected chi connectivity index (χ1v) is 15.3. The van der Waals surface area contributed by atoms with Crippen LogP contribution in [-0.2, 0) is 11.8 Å². The molecule has 5 rings (SSSR count). The summed E-state index contributed by atoms with van der Waals surface area (Å²) >= 11 is 0. The van der Waals surface area contributed by atoms with E-state index in [9.17, 15) is 9.59 Å². The number of nitrogens with two attached hydrogens (primary N) is 1. The number of benzene rings is 1. The van der Waals surface area contributed by atoms with Gasteiger partial charge in [-0.05, 0) is 81.4 Å². The SMILES string of the molecule is CCN1CCC2(CC1)C[C@@H]2C(=O)NCC(CCCCCC(=O)c1ncco1)/C(N)=C/C=Nc1ccc2[nH][n+](C)cc2c1. The topological polar surface area (TPSA) is 133 Å². The van der Waals surface area contributed by atoms with Crippen molar-refractivity contribution in [1.82, 2.24) is 20.3 Å². The fraction of sp³-hybridized carbons (Fsp3) is 0.531. The lowest BCUT2D eigenvalue weighted by molar-refractivity contribution is -0.724. The van der Waals surface area contributed by atoms with Crippen molar-refractivity contribution in [3.8, 4) is 0 Å². The standard InChI is InChI=1S/C32H43N7O3/c1-3-39-16-12-32(13-17-39)20-26(32)30(41)36-21-23(7-5-4-6-8-29(40)31-35-15-18-42-31)27(33)11-14-34-25-9-10-28-24(19-25)22-38(2)37-28/h9-11,14-15,18-19,22-23,26H,3-8,12-13,16-17,20-21H2,1-2H3,(H3,33,34,36,41)/p+1/t23?,26-/m1/s1. The van der Waals surface area contributed by atoms with Crippen molar-refractivity contribution in [2.24, 2.45) is 35.0 Å². The average Bonchev–Trinajstić information content (AvgIpc) is 3.30. The number of ketones is 1. The van der Waals surface area contributed by atoms with Crippen LogP contribution in [0, 0.1) is 17.3 Å². The Morgan fingerprint density at radius 3 is 2.90 bits per heavy atom. The molecule has 1 aliphatic heterocycles. The number of oxazole rings is 1. The van der Waals surface area contributed by atoms with E-state index in [2.05, 4.69) is 32.2 Å². The first kappa shape index (κ1) is 29.7. The highest BCUT2D eigenvalue weighted by Gasteiger charge is 2.58. The van der Waals surface area contributed by atoms with Crippen molar-refractivity contribution >= 4 is 34.5 Å². The van der Waals surface area contributed by atoms with Gasteiger partial charge in [0.2, 0.25) is 17.9 Å². The maximum absolute atomic E-state index is 13.2. The molecule has 1 saturated carbocycles. The van der Waals surface area contributed by atoms with Gasteiger partial charge < -0.3 is 20.4 Å². The average molecular weight is 575 g/mol. The summed E-state index contributed by atoms with van der Waals surface area (Å²) in [5, 5.41) is 7.56. The fourth-order valence-electron chi connectivity index (χ4n) is 6.26. The molecular weight excluding hydrogens is 530 g/mol. The van der Waals surface area contributed by atoms with Gasteiger partial charge in [-0.25, -0.2) is 4.98 Å². The van der Waals surface area contributed by atoms with E-state index < -0.39 is 0 Å². The lowest BCUT2D eigenvalue weighted by Crippen LogP contribution is -2.38. The Morgan fingerprint density at radius 2 is 2.14 bits per heavy atom. The van der Waals surface area contributed by atoms with Crippen molar-refractivity contribution in [2.75, 3.05) is 26.2 Å². The Bertz CT molecular complexity index is 1420. The van der Waals surface area contributed by atoms with E-state index in [4.69, 9.17) is 10.2 Å². The molecule has 1 spiro atoms. The second-order valence-corrected chi connectivity index (χ2v) is 11.9. The van der Waals surface area contributed by atoms with Crippen LogP contribution < -0.4 is 15.7 Å². The summed E-state index contributed by atoms with van der Waals surface area (Å²) < 4.78 is 7.02. The predicted molar refractivity (Wildman–Crippen MR) is 162 cm³/mol. The van der Waals surface area contributed by atoms with Crippen LogP contribution in [-0.4, -0.2) is 59.1 Å². The highest BCUT2D eigenvalue weighted by atomic mass is 16.3. The van der Waals surface area contributed by atoms with Gasteiger partial charge in [-0.3, -0.25) is 14.6 Å². The molecule has 3 heterocycles. The Morgan fingerprint density at radius 1 is 1.31 bits per heavy atom. The van der Waals surface area contributed by atoms with E-state index in [0.717, 1.165) is 81.2 Å². The lowest BCUT2D eigenvalue weighted by atomic mass is 9.90. The van der Waals surface area contributed by atoms with Gasteiger partial charge in [-0.15, -0.1) is 4.68 Å². The van der Waals surface area contributed by atoms with Gasteiger partial charge in [0.15, 0.2) is 7.05 Å². The van der Waals surface area contributed by atoms with Gasteiger partial charge in [-0.2, -0.15) is 5.10 Å². The molecule has 2 fully saturated rings. The van der Waals surface area contributed by atoms with Crippen LogP contribution in [0.1, 0.15) is 69.0 Å². The number of nitrogens with zero attached hydrogens (tertiary/aromatic N) is 4. The zero-order chi connectivity index (χ0) is 29.5. The number of rotatable bonds is 14. The number of allylic oxidation sites excluding steroid dienone is 1. The molecule has 1 amide bonds. The molecule has 2 atom stereocenters. The fourth-order valence-corrected chi connectivity index (χ4v) is 6.26. The van der Waals surface area contributed by atoms with Crippen molar-refractivity contribution < 1.29 is 18.7 Å². The van der Waals surface area contributed by atoms with E-state index in [1.165, 1.54) is 12.5 Å². The highest BCUT2D eigenvalue weighted by molar-refractivity contribution is 5.91. The van der Waals surface area contributed by atoms with Crippen molar-refractivity contribution in [3.05, 3.63) is 54.5 Å². The van der Waals surface area contributed by atoms with Crippen molar-refractivity contribution in [2.45, 2.75) is 58.3 Å². The number of aryl methyl sites for hydroxylation is 1. The van der Waals surface area contributed by atoms with Gasteiger partial charge in [0.25, 0.3) is 5.89 Å². The van der Waals surface area contributed by atoms with Crippen LogP contribution in [0.15, 0.2) is 58.0 Å². The number of unbranched alkanes of at least 4 members (excludes halogenated alkanes) is 2. The molecule has 3 aromatic rings. The number of piperidine rings is 1. The molecule has 0 radical (unpaired) electrons. The number of hydrogen-bond donors (Lipinski definition) is 3. The number of H-pyrrole nitrogens is 1. The molecule has 1 unspecified atom stereocenters. The molecule has 10 heteroatoms. The highest BCUT2D eigenvalue weighted by Crippen LogP contribution is 2.59. The maximum atomic E-state index is 13.2. The third-order valence-electron chi connectivity index (χ3n) is 9.08. The van der Waals surface area contributed by atoms with Crippen LogP contribution in [0.3, 0.4) is 0 Å². The van der Waals surface area contributed by atoms with Crippen molar-refractivity contribution in [3.63, 3.8) is 0 Å². The Hall–Kier alpha value is -3.79. The summed E-state index contributed by atoms with van der Waals surface area (Å²) in [6.07, 6.45) is 15.5. The van der Waals surface area contributed by atoms with Crippen LogP contribution in [0.4, 0.5) is 5.69 Å². The summed E-state index contributed by atoms with van der Waals surface area (Å²) in [6, 6.07) is 6.00. The van der Waals surface area contributed by atoms with Gasteiger partial charge in [-0.1, -0.05) is 19.8 Å². The molecule has 2 aromatic heterocycles. The number of aromatic amines is 1. The number of fused-ring (bicyclic) bond motifs is 1. The predicted octanol–water partition coefficient (Wildman–Crippen LogP) is 4.21. The molecule has 42 heavy (non-hydrogen) atoms. The second kappa shape index (κ2) is 13.5. The molecule has 1 aliphatic carbocycles. The van der Waals surface area contributed by atoms with Crippen LogP contribution in [0.5, 0.6) is 0 Å². The summed E-state index contributed by atoms with van der Waals surface area (Å²) in [5.41, 5.74) is 9.38. The largest absolute Gasteiger partial charge is 0.442 e. The zero-order valence-electron chi connectivity index (χ0n) is 24.8. The minimum absolute atomic E-state index is 0.00863. The third-order valence-corrected chi connectivity index (χ3v) is 9.08. The summed E-state index contributed by atoms with van der Waals surface area (Å²) in [7, 11) is 1.96. The number of likely N-dealkylation sites (tertiary alicyclic amines) is 1. The molecule has 1 aromatic carbocycles. The quantitative estimate of drug-likeness (QED) is 0.114. The third kappa shape index (κ3) is 7.34. The van der Waals surface area contributed by atoms with Gasteiger partial charge >= 0.3 is 0 Å². The number of hydrogen-bond acceptors (Lipinski definition) is 7. The van der Waals surface area contributed by atoms with E-state index in [1.54, 1.807) is 6.21 Å². The molecule has 0 bridgehead atoms. The normalized spacial score (nSPS) is 19.5. The zero-order valence-corrected chi connectivity index (χ0v) is 24.8. The number of Topliss-reactive ketones (excluding diaryl/α,β-unsaturated/α-hetero) is 1. The number of aliphatic imine (C=N–C) groups is 1. The van der Waals surface area contributed by atoms with E-state index in [-0.39, 0.29) is 34.8 Å². The summed E-state index contributed by atoms with van der Waals surface area (Å²) in [6.45, 7) is 5.96. The van der Waals surface area contributed by atoms with Crippen LogP contribution >= 0.6 is 0 Å². The van der Waals surface area contributed by atoms with E-state index >= 15 is 0 Å².